The molecular formula is C22H22N4O5S2. The maximum Gasteiger partial charge on any atom is 0.274 e. The first-order valence-electron chi connectivity index (χ1n) is 9.89. The largest absolute Gasteiger partial charge is 0.497 e. The van der Waals surface area contributed by atoms with Crippen molar-refractivity contribution in [1.82, 2.24) is 9.13 Å². The maximum absolute atomic E-state index is 12.3. The molecule has 172 valence electrons. The topological polar surface area (TPSA) is 96.4 Å². The Morgan fingerprint density at radius 3 is 1.61 bits per heavy atom. The molecule has 4 aromatic rings. The lowest BCUT2D eigenvalue weighted by Crippen LogP contribution is -2.19. The normalized spacial score (nSPS) is 12.6. The highest BCUT2D eigenvalue weighted by Gasteiger charge is 2.09. The van der Waals surface area contributed by atoms with Crippen molar-refractivity contribution in [3.8, 4) is 11.5 Å². The summed E-state index contributed by atoms with van der Waals surface area (Å²) in [6.07, 6.45) is 0. The molecule has 0 aliphatic rings. The zero-order chi connectivity index (χ0) is 23.5. The highest BCUT2D eigenvalue weighted by atomic mass is 32.1. The number of amides is 2. The van der Waals surface area contributed by atoms with Crippen molar-refractivity contribution in [2.45, 2.75) is 0 Å². The molecule has 0 atom stereocenters. The highest BCUT2D eigenvalue weighted by molar-refractivity contribution is 7.16. The summed E-state index contributed by atoms with van der Waals surface area (Å²) >= 11 is 2.75. The van der Waals surface area contributed by atoms with Crippen LogP contribution in [-0.4, -0.2) is 48.4 Å². The molecule has 0 saturated carbocycles. The van der Waals surface area contributed by atoms with Crippen molar-refractivity contribution < 1.29 is 23.8 Å². The third-order valence-corrected chi connectivity index (χ3v) is 7.11. The number of nitrogens with zero attached hydrogens (tertiary/aromatic N) is 4. The molecule has 0 aliphatic heterocycles. The molecule has 33 heavy (non-hydrogen) atoms. The van der Waals surface area contributed by atoms with Gasteiger partial charge < -0.3 is 23.3 Å². The van der Waals surface area contributed by atoms with E-state index in [9.17, 15) is 9.59 Å². The molecule has 9 nitrogen and oxygen atoms in total. The average molecular weight is 487 g/mol. The number of aromatic nitrogens is 2. The Kier molecular flexibility index (Phi) is 6.72. The van der Waals surface area contributed by atoms with E-state index in [4.69, 9.17) is 14.2 Å². The number of carbonyl (C=O) groups is 2. The molecule has 2 aromatic heterocycles. The standard InChI is InChI=1S/C22H22N4O5S2/c1-25-15-7-5-13(29-3)9-17(15)32-21(25)23-19(27)11-31-12-20(28)24-22-26(2)16-8-6-14(30-4)10-18(16)33-22/h5-10H,11-12H2,1-4H3. The van der Waals surface area contributed by atoms with Gasteiger partial charge >= 0.3 is 0 Å². The molecule has 0 radical (unpaired) electrons. The van der Waals surface area contributed by atoms with Gasteiger partial charge in [-0.2, -0.15) is 9.98 Å². The Balaban J connectivity index is 1.42. The van der Waals surface area contributed by atoms with Crippen molar-refractivity contribution >= 4 is 54.9 Å². The first kappa shape index (κ1) is 22.9. The zero-order valence-corrected chi connectivity index (χ0v) is 20.2. The number of thiazole rings is 2. The second kappa shape index (κ2) is 9.69. The lowest BCUT2D eigenvalue weighted by atomic mass is 10.3. The van der Waals surface area contributed by atoms with E-state index in [0.717, 1.165) is 31.9 Å². The van der Waals surface area contributed by atoms with Gasteiger partial charge in [0.05, 0.1) is 34.7 Å². The lowest BCUT2D eigenvalue weighted by molar-refractivity contribution is -0.127. The van der Waals surface area contributed by atoms with Crippen LogP contribution in [0.3, 0.4) is 0 Å². The fourth-order valence-corrected chi connectivity index (χ4v) is 5.33. The Morgan fingerprint density at radius 2 is 1.21 bits per heavy atom. The molecule has 2 amide bonds. The summed E-state index contributed by atoms with van der Waals surface area (Å²) in [4.78, 5) is 33.8. The van der Waals surface area contributed by atoms with Crippen LogP contribution in [0.1, 0.15) is 0 Å². The Hall–Kier alpha value is -3.28. The van der Waals surface area contributed by atoms with E-state index in [-0.39, 0.29) is 13.2 Å². The average Bonchev–Trinajstić information content (AvgIpc) is 3.28. The Morgan fingerprint density at radius 1 is 0.788 bits per heavy atom. The van der Waals surface area contributed by atoms with Gasteiger partial charge in [-0.25, -0.2) is 0 Å². The Bertz CT molecular complexity index is 1380. The number of aryl methyl sites for hydroxylation is 2. The van der Waals surface area contributed by atoms with Crippen LogP contribution in [0.4, 0.5) is 0 Å². The van der Waals surface area contributed by atoms with Crippen LogP contribution in [0, 0.1) is 0 Å². The third-order valence-electron chi connectivity index (χ3n) is 4.92. The SMILES string of the molecule is COc1ccc2c(c1)sc(=NC(=O)COCC(=O)N=c1sc3cc(OC)ccc3n1C)n2C. The van der Waals surface area contributed by atoms with Crippen molar-refractivity contribution in [3.05, 3.63) is 46.0 Å². The molecule has 11 heteroatoms. The molecule has 0 unspecified atom stereocenters. The smallest absolute Gasteiger partial charge is 0.274 e. The van der Waals surface area contributed by atoms with Crippen molar-refractivity contribution in [1.29, 1.82) is 0 Å². The summed E-state index contributed by atoms with van der Waals surface area (Å²) in [5, 5.41) is 0. The van der Waals surface area contributed by atoms with Gasteiger partial charge in [-0.15, -0.1) is 0 Å². The number of hydrogen-bond donors (Lipinski definition) is 0. The minimum atomic E-state index is -0.476. The van der Waals surface area contributed by atoms with Gasteiger partial charge in [0.2, 0.25) is 0 Å². The van der Waals surface area contributed by atoms with Crippen LogP contribution < -0.4 is 19.1 Å². The number of ether oxygens (including phenoxy) is 3. The quantitative estimate of drug-likeness (QED) is 0.417. The van der Waals surface area contributed by atoms with Gasteiger partial charge in [0.25, 0.3) is 11.8 Å². The summed E-state index contributed by atoms with van der Waals surface area (Å²) in [5.74, 6) is 0.519. The summed E-state index contributed by atoms with van der Waals surface area (Å²) in [6.45, 7) is -0.622. The minimum absolute atomic E-state index is 0.311. The molecule has 0 aliphatic carbocycles. The molecule has 0 fully saturated rings. The summed E-state index contributed by atoms with van der Waals surface area (Å²) in [5.41, 5.74) is 1.88. The fourth-order valence-electron chi connectivity index (χ4n) is 3.20. The van der Waals surface area contributed by atoms with Gasteiger partial charge in [-0.1, -0.05) is 22.7 Å². The van der Waals surface area contributed by atoms with E-state index in [1.165, 1.54) is 22.7 Å². The van der Waals surface area contributed by atoms with Gasteiger partial charge in [0.15, 0.2) is 9.60 Å². The van der Waals surface area contributed by atoms with Gasteiger partial charge in [0.1, 0.15) is 24.7 Å². The molecule has 2 heterocycles. The highest BCUT2D eigenvalue weighted by Crippen LogP contribution is 2.23. The molecular weight excluding hydrogens is 464 g/mol. The molecule has 0 bridgehead atoms. The van der Waals surface area contributed by atoms with Gasteiger partial charge in [0, 0.05) is 14.1 Å². The second-order valence-corrected chi connectivity index (χ2v) is 9.08. The van der Waals surface area contributed by atoms with Crippen LogP contribution in [0.25, 0.3) is 20.4 Å². The number of carbonyl (C=O) groups excluding carboxylic acids is 2. The van der Waals surface area contributed by atoms with Crippen LogP contribution in [0.15, 0.2) is 46.4 Å². The summed E-state index contributed by atoms with van der Waals surface area (Å²) in [7, 11) is 6.88. The molecule has 2 aromatic carbocycles. The van der Waals surface area contributed by atoms with Crippen LogP contribution in [0.2, 0.25) is 0 Å². The number of methoxy groups -OCH3 is 2. The fraction of sp³-hybridized carbons (Fsp3) is 0.273. The minimum Gasteiger partial charge on any atom is -0.497 e. The lowest BCUT2D eigenvalue weighted by Gasteiger charge is -2.00. The van der Waals surface area contributed by atoms with Gasteiger partial charge in [-0.3, -0.25) is 9.59 Å². The number of benzene rings is 2. The first-order valence-corrected chi connectivity index (χ1v) is 11.5. The molecule has 0 spiro atoms. The Labute approximate surface area is 196 Å². The van der Waals surface area contributed by atoms with Crippen molar-refractivity contribution in [2.24, 2.45) is 24.1 Å². The zero-order valence-electron chi connectivity index (χ0n) is 18.5. The first-order chi connectivity index (χ1) is 15.9. The number of fused-ring (bicyclic) bond motifs is 2. The summed E-state index contributed by atoms with van der Waals surface area (Å²) < 4.78 is 21.3. The predicted octanol–water partition coefficient (Wildman–Crippen LogP) is 2.38. The number of hydrogen-bond acceptors (Lipinski definition) is 7. The van der Waals surface area contributed by atoms with E-state index >= 15 is 0 Å². The van der Waals surface area contributed by atoms with E-state index in [1.54, 1.807) is 14.2 Å². The second-order valence-electron chi connectivity index (χ2n) is 7.06. The van der Waals surface area contributed by atoms with E-state index < -0.39 is 11.8 Å². The molecule has 4 rings (SSSR count). The summed E-state index contributed by atoms with van der Waals surface area (Å²) in [6, 6.07) is 11.3. The maximum atomic E-state index is 12.3. The number of rotatable bonds is 6. The van der Waals surface area contributed by atoms with Crippen LogP contribution >= 0.6 is 22.7 Å². The van der Waals surface area contributed by atoms with E-state index in [0.29, 0.717) is 9.60 Å². The van der Waals surface area contributed by atoms with Crippen molar-refractivity contribution in [2.75, 3.05) is 27.4 Å². The molecule has 0 N–H and O–H groups in total. The van der Waals surface area contributed by atoms with Crippen LogP contribution in [-0.2, 0) is 28.4 Å². The van der Waals surface area contributed by atoms with E-state index in [2.05, 4.69) is 9.98 Å². The predicted molar refractivity (Wildman–Crippen MR) is 127 cm³/mol. The van der Waals surface area contributed by atoms with Crippen molar-refractivity contribution in [3.63, 3.8) is 0 Å². The van der Waals surface area contributed by atoms with Gasteiger partial charge in [-0.05, 0) is 36.4 Å². The van der Waals surface area contributed by atoms with E-state index in [1.807, 2.05) is 59.6 Å². The third kappa shape index (κ3) is 4.90. The molecule has 0 saturated heterocycles. The van der Waals surface area contributed by atoms with Crippen LogP contribution in [0.5, 0.6) is 11.5 Å². The monoisotopic (exact) mass is 486 g/mol.